The number of nitrogens with zero attached hydrogens (tertiary/aromatic N) is 2. The van der Waals surface area contributed by atoms with Crippen molar-refractivity contribution in [2.45, 2.75) is 62.6 Å². The molecule has 0 radical (unpaired) electrons. The van der Waals surface area contributed by atoms with E-state index in [-0.39, 0.29) is 41.2 Å². The highest BCUT2D eigenvalue weighted by atomic mass is 32.2. The Hall–Kier alpha value is -4.83. The highest BCUT2D eigenvalue weighted by Gasteiger charge is 2.36. The molecule has 5 rings (SSSR count). The monoisotopic (exact) mass is 669 g/mol. The van der Waals surface area contributed by atoms with E-state index in [0.717, 1.165) is 46.7 Å². The summed E-state index contributed by atoms with van der Waals surface area (Å²) in [6, 6.07) is 29.3. The van der Waals surface area contributed by atoms with Crippen LogP contribution in [-0.4, -0.2) is 58.0 Å². The second-order valence-corrected chi connectivity index (χ2v) is 13.9. The Morgan fingerprint density at radius 3 is 2.06 bits per heavy atom. The number of sulfonamides is 1. The van der Waals surface area contributed by atoms with Crippen molar-refractivity contribution >= 4 is 27.5 Å². The summed E-state index contributed by atoms with van der Waals surface area (Å²) in [7, 11) is -1.38. The second-order valence-electron chi connectivity index (χ2n) is 12.1. The molecule has 9 nitrogen and oxygen atoms in total. The molecule has 2 amide bonds. The zero-order valence-corrected chi connectivity index (χ0v) is 28.5. The number of hydrogen-bond donors (Lipinski definition) is 1. The van der Waals surface area contributed by atoms with Crippen LogP contribution >= 0.6 is 0 Å². The number of methoxy groups -OCH3 is 2. The molecule has 252 valence electrons. The van der Waals surface area contributed by atoms with Crippen molar-refractivity contribution in [2.75, 3.05) is 25.1 Å². The zero-order valence-electron chi connectivity index (χ0n) is 27.7. The summed E-state index contributed by atoms with van der Waals surface area (Å²) in [5, 5.41) is 3.20. The molecule has 1 aliphatic rings. The molecule has 1 atom stereocenters. The van der Waals surface area contributed by atoms with Gasteiger partial charge in [-0.3, -0.25) is 13.9 Å². The van der Waals surface area contributed by atoms with Crippen LogP contribution in [0, 0.1) is 6.92 Å². The molecule has 1 saturated carbocycles. The van der Waals surface area contributed by atoms with Gasteiger partial charge in [0.1, 0.15) is 24.1 Å². The van der Waals surface area contributed by atoms with Crippen molar-refractivity contribution < 1.29 is 27.5 Å². The number of carbonyl (C=O) groups excluding carboxylic acids is 2. The molecule has 1 fully saturated rings. The lowest BCUT2D eigenvalue weighted by Gasteiger charge is -2.34. The summed E-state index contributed by atoms with van der Waals surface area (Å²) in [5.74, 6) is -0.168. The lowest BCUT2D eigenvalue weighted by molar-refractivity contribution is -0.140. The predicted octanol–water partition coefficient (Wildman–Crippen LogP) is 5.91. The number of nitrogens with one attached hydrogen (secondary N) is 1. The number of carbonyl (C=O) groups is 2. The Morgan fingerprint density at radius 1 is 0.833 bits per heavy atom. The van der Waals surface area contributed by atoms with Gasteiger partial charge in [-0.05, 0) is 55.2 Å². The Bertz CT molecular complexity index is 1780. The molecule has 0 spiro atoms. The number of amides is 2. The molecule has 0 aromatic heterocycles. The van der Waals surface area contributed by atoms with Gasteiger partial charge in [0, 0.05) is 25.1 Å². The number of rotatable bonds is 14. The Kier molecular flexibility index (Phi) is 11.4. The van der Waals surface area contributed by atoms with E-state index in [1.807, 2.05) is 67.6 Å². The van der Waals surface area contributed by atoms with Gasteiger partial charge in [0.05, 0.1) is 24.8 Å². The first-order valence-corrected chi connectivity index (χ1v) is 17.6. The molecular weight excluding hydrogens is 627 g/mol. The van der Waals surface area contributed by atoms with Gasteiger partial charge in [-0.25, -0.2) is 8.42 Å². The summed E-state index contributed by atoms with van der Waals surface area (Å²) >= 11 is 0. The van der Waals surface area contributed by atoms with Crippen LogP contribution in [0.3, 0.4) is 0 Å². The van der Waals surface area contributed by atoms with E-state index >= 15 is 0 Å². The third-order valence-corrected chi connectivity index (χ3v) is 10.5. The second kappa shape index (κ2) is 15.8. The molecule has 4 aromatic carbocycles. The lowest BCUT2D eigenvalue weighted by atomic mass is 10.0. The van der Waals surface area contributed by atoms with E-state index in [1.54, 1.807) is 24.3 Å². The van der Waals surface area contributed by atoms with Crippen molar-refractivity contribution in [1.29, 1.82) is 0 Å². The highest BCUT2D eigenvalue weighted by Crippen LogP contribution is 2.36. The van der Waals surface area contributed by atoms with Crippen molar-refractivity contribution in [3.63, 3.8) is 0 Å². The SMILES string of the molecule is COc1ccc(OC)c(N(CC(=O)N(Cc2ccccc2)[C@@H](Cc2ccccc2)C(=O)NC2CCCC2)S(=O)(=O)c2ccc(C)cc2)c1. The lowest BCUT2D eigenvalue weighted by Crippen LogP contribution is -2.54. The Labute approximate surface area is 283 Å². The molecule has 0 aliphatic heterocycles. The van der Waals surface area contributed by atoms with E-state index in [0.29, 0.717) is 5.75 Å². The van der Waals surface area contributed by atoms with Crippen LogP contribution in [0.4, 0.5) is 5.69 Å². The molecule has 1 aliphatic carbocycles. The molecule has 0 bridgehead atoms. The maximum Gasteiger partial charge on any atom is 0.264 e. The quantitative estimate of drug-likeness (QED) is 0.179. The normalized spacial score (nSPS) is 13.8. The summed E-state index contributed by atoms with van der Waals surface area (Å²) < 4.78 is 41.0. The van der Waals surface area contributed by atoms with Crippen LogP contribution in [0.25, 0.3) is 0 Å². The van der Waals surface area contributed by atoms with Gasteiger partial charge in [-0.1, -0.05) is 91.2 Å². The third kappa shape index (κ3) is 8.36. The van der Waals surface area contributed by atoms with E-state index < -0.39 is 28.5 Å². The van der Waals surface area contributed by atoms with Crippen molar-refractivity contribution in [3.8, 4) is 11.5 Å². The van der Waals surface area contributed by atoms with Crippen LogP contribution in [0.5, 0.6) is 11.5 Å². The van der Waals surface area contributed by atoms with E-state index in [2.05, 4.69) is 5.32 Å². The average Bonchev–Trinajstić information content (AvgIpc) is 3.62. The molecule has 10 heteroatoms. The van der Waals surface area contributed by atoms with Crippen molar-refractivity contribution in [3.05, 3.63) is 120 Å². The topological polar surface area (TPSA) is 105 Å². The summed E-state index contributed by atoms with van der Waals surface area (Å²) in [5.41, 5.74) is 2.72. The molecule has 0 saturated heterocycles. The van der Waals surface area contributed by atoms with Crippen LogP contribution in [-0.2, 0) is 32.6 Å². The first-order valence-electron chi connectivity index (χ1n) is 16.2. The minimum absolute atomic E-state index is 0.0141. The van der Waals surface area contributed by atoms with E-state index in [9.17, 15) is 18.0 Å². The minimum Gasteiger partial charge on any atom is -0.497 e. The molecule has 4 aromatic rings. The maximum atomic E-state index is 14.8. The maximum absolute atomic E-state index is 14.8. The van der Waals surface area contributed by atoms with Crippen molar-refractivity contribution in [2.24, 2.45) is 0 Å². The standard InChI is InChI=1S/C38H43N3O6S/c1-28-18-21-33(22-19-28)48(44,45)41(34-25-32(46-2)20-23-36(34)47-3)27-37(42)40(26-30-14-8-5-9-15-30)35(24-29-12-6-4-7-13-29)38(43)39-31-16-10-11-17-31/h4-9,12-15,18-23,25,31,35H,10-11,16-17,24,26-27H2,1-3H3,(H,39,43)/t35-/m0/s1. The first-order chi connectivity index (χ1) is 23.2. The van der Waals surface area contributed by atoms with Gasteiger partial charge in [-0.2, -0.15) is 0 Å². The minimum atomic E-state index is -4.30. The summed E-state index contributed by atoms with van der Waals surface area (Å²) in [4.78, 5) is 30.4. The van der Waals surface area contributed by atoms with Gasteiger partial charge < -0.3 is 19.7 Å². The first kappa shape index (κ1) is 34.5. The highest BCUT2D eigenvalue weighted by molar-refractivity contribution is 7.92. The van der Waals surface area contributed by atoms with Gasteiger partial charge in [-0.15, -0.1) is 0 Å². The number of anilines is 1. The number of benzene rings is 4. The molecule has 0 unspecified atom stereocenters. The summed E-state index contributed by atoms with van der Waals surface area (Å²) in [6.45, 7) is 1.38. The number of aryl methyl sites for hydroxylation is 1. The molecular formula is C38H43N3O6S. The Morgan fingerprint density at radius 2 is 1.46 bits per heavy atom. The zero-order chi connectivity index (χ0) is 34.1. The van der Waals surface area contributed by atoms with Crippen molar-refractivity contribution in [1.82, 2.24) is 10.2 Å². The smallest absolute Gasteiger partial charge is 0.264 e. The largest absolute Gasteiger partial charge is 0.497 e. The number of ether oxygens (including phenoxy) is 2. The van der Waals surface area contributed by atoms with Crippen LogP contribution < -0.4 is 19.1 Å². The van der Waals surface area contributed by atoms with Gasteiger partial charge in [0.15, 0.2) is 0 Å². The van der Waals surface area contributed by atoms with Gasteiger partial charge in [0.2, 0.25) is 11.8 Å². The summed E-state index contributed by atoms with van der Waals surface area (Å²) in [6.07, 6.45) is 4.10. The van der Waals surface area contributed by atoms with E-state index in [4.69, 9.17) is 9.47 Å². The molecule has 1 N–H and O–H groups in total. The predicted molar refractivity (Wildman–Crippen MR) is 187 cm³/mol. The average molecular weight is 670 g/mol. The van der Waals surface area contributed by atoms with E-state index in [1.165, 1.54) is 37.3 Å². The fourth-order valence-corrected chi connectivity index (χ4v) is 7.46. The molecule has 48 heavy (non-hydrogen) atoms. The van der Waals surface area contributed by atoms with Crippen LogP contribution in [0.15, 0.2) is 108 Å². The Balaban J connectivity index is 1.60. The molecule has 0 heterocycles. The van der Waals surface area contributed by atoms with Crippen LogP contribution in [0.1, 0.15) is 42.4 Å². The third-order valence-electron chi connectivity index (χ3n) is 8.71. The fourth-order valence-electron chi connectivity index (χ4n) is 6.04. The number of hydrogen-bond acceptors (Lipinski definition) is 6. The van der Waals surface area contributed by atoms with Gasteiger partial charge in [0.25, 0.3) is 10.0 Å². The van der Waals surface area contributed by atoms with Crippen LogP contribution in [0.2, 0.25) is 0 Å². The fraction of sp³-hybridized carbons (Fsp3) is 0.316. The van der Waals surface area contributed by atoms with Gasteiger partial charge >= 0.3 is 0 Å².